The van der Waals surface area contributed by atoms with E-state index in [0.717, 1.165) is 25.7 Å². The van der Waals surface area contributed by atoms with Gasteiger partial charge in [0.25, 0.3) is 5.91 Å². The summed E-state index contributed by atoms with van der Waals surface area (Å²) in [5.74, 6) is 0.376. The summed E-state index contributed by atoms with van der Waals surface area (Å²) < 4.78 is 0. The number of carbonyl (C=O) groups excluding carboxylic acids is 1. The maximum absolute atomic E-state index is 11.9. The molecule has 0 spiro atoms. The zero-order valence-corrected chi connectivity index (χ0v) is 12.1. The van der Waals surface area contributed by atoms with Gasteiger partial charge in [-0.25, -0.2) is 9.97 Å². The predicted octanol–water partition coefficient (Wildman–Crippen LogP) is 2.61. The van der Waals surface area contributed by atoms with Crippen LogP contribution in [0.15, 0.2) is 12.3 Å². The van der Waals surface area contributed by atoms with Crippen molar-refractivity contribution in [2.24, 2.45) is 0 Å². The molecule has 1 heterocycles. The highest BCUT2D eigenvalue weighted by atomic mass is 16.1. The van der Waals surface area contributed by atoms with E-state index in [-0.39, 0.29) is 5.91 Å². The molecule has 1 aromatic rings. The molecule has 1 aromatic heterocycles. The molecule has 0 fully saturated rings. The Bertz CT molecular complexity index is 395. The predicted molar refractivity (Wildman–Crippen MR) is 77.3 cm³/mol. The van der Waals surface area contributed by atoms with E-state index < -0.39 is 0 Å². The zero-order valence-electron chi connectivity index (χ0n) is 12.1. The average molecular weight is 264 g/mol. The van der Waals surface area contributed by atoms with Gasteiger partial charge in [0.2, 0.25) is 5.95 Å². The van der Waals surface area contributed by atoms with E-state index in [0.29, 0.717) is 24.2 Å². The molecule has 1 unspecified atom stereocenters. The molecule has 0 saturated heterocycles. The van der Waals surface area contributed by atoms with Gasteiger partial charge in [0.05, 0.1) is 0 Å². The molecule has 1 atom stereocenters. The first-order valence-electron chi connectivity index (χ1n) is 7.05. The number of rotatable bonds is 8. The molecule has 106 valence electrons. The lowest BCUT2D eigenvalue weighted by Gasteiger charge is -2.11. The van der Waals surface area contributed by atoms with Gasteiger partial charge < -0.3 is 10.6 Å². The van der Waals surface area contributed by atoms with Gasteiger partial charge >= 0.3 is 0 Å². The third-order valence-corrected chi connectivity index (χ3v) is 2.94. The second-order valence-electron chi connectivity index (χ2n) is 4.68. The van der Waals surface area contributed by atoms with E-state index in [4.69, 9.17) is 0 Å². The molecular formula is C14H24N4O. The first-order chi connectivity index (χ1) is 9.17. The van der Waals surface area contributed by atoms with Gasteiger partial charge in [0.1, 0.15) is 5.69 Å². The number of anilines is 1. The first kappa shape index (κ1) is 15.4. The van der Waals surface area contributed by atoms with Crippen molar-refractivity contribution in [1.29, 1.82) is 0 Å². The van der Waals surface area contributed by atoms with Crippen LogP contribution in [0.3, 0.4) is 0 Å². The molecule has 1 amide bonds. The topological polar surface area (TPSA) is 66.9 Å². The van der Waals surface area contributed by atoms with Crippen LogP contribution in [0.5, 0.6) is 0 Å². The lowest BCUT2D eigenvalue weighted by Crippen LogP contribution is -2.26. The Morgan fingerprint density at radius 3 is 2.84 bits per heavy atom. The largest absolute Gasteiger partial charge is 0.352 e. The summed E-state index contributed by atoms with van der Waals surface area (Å²) >= 11 is 0. The standard InChI is InChI=1S/C14H24N4O/c1-4-6-7-9-15-13(19)12-8-10-16-14(18-12)17-11(3)5-2/h8,10-11H,4-7,9H2,1-3H3,(H,15,19)(H,16,17,18). The van der Waals surface area contributed by atoms with Gasteiger partial charge in [0.15, 0.2) is 0 Å². The number of carbonyl (C=O) groups is 1. The van der Waals surface area contributed by atoms with Crippen LogP contribution in [0.2, 0.25) is 0 Å². The van der Waals surface area contributed by atoms with Crippen LogP contribution in [0.4, 0.5) is 5.95 Å². The van der Waals surface area contributed by atoms with E-state index in [1.165, 1.54) is 0 Å². The minimum atomic E-state index is -0.134. The van der Waals surface area contributed by atoms with E-state index >= 15 is 0 Å². The van der Waals surface area contributed by atoms with Crippen LogP contribution in [0.1, 0.15) is 56.9 Å². The number of nitrogens with zero attached hydrogens (tertiary/aromatic N) is 2. The number of hydrogen-bond donors (Lipinski definition) is 2. The Morgan fingerprint density at radius 1 is 1.37 bits per heavy atom. The van der Waals surface area contributed by atoms with Gasteiger partial charge in [-0.3, -0.25) is 4.79 Å². The van der Waals surface area contributed by atoms with Crippen LogP contribution in [-0.4, -0.2) is 28.5 Å². The minimum Gasteiger partial charge on any atom is -0.352 e. The molecule has 1 rings (SSSR count). The van der Waals surface area contributed by atoms with Crippen molar-refractivity contribution in [2.45, 2.75) is 52.5 Å². The van der Waals surface area contributed by atoms with Crippen molar-refractivity contribution in [1.82, 2.24) is 15.3 Å². The fraction of sp³-hybridized carbons (Fsp3) is 0.643. The molecule has 0 aromatic carbocycles. The summed E-state index contributed by atoms with van der Waals surface area (Å²) in [7, 11) is 0. The first-order valence-corrected chi connectivity index (χ1v) is 7.05. The normalized spacial score (nSPS) is 11.9. The van der Waals surface area contributed by atoms with Crippen molar-refractivity contribution in [3.05, 3.63) is 18.0 Å². The fourth-order valence-electron chi connectivity index (χ4n) is 1.54. The summed E-state index contributed by atoms with van der Waals surface area (Å²) in [6.45, 7) is 6.98. The molecular weight excluding hydrogens is 240 g/mol. The third-order valence-electron chi connectivity index (χ3n) is 2.94. The van der Waals surface area contributed by atoms with E-state index in [1.807, 2.05) is 0 Å². The van der Waals surface area contributed by atoms with Gasteiger partial charge in [0, 0.05) is 18.8 Å². The van der Waals surface area contributed by atoms with Gasteiger partial charge in [-0.2, -0.15) is 0 Å². The van der Waals surface area contributed by atoms with Crippen LogP contribution >= 0.6 is 0 Å². The molecule has 5 nitrogen and oxygen atoms in total. The SMILES string of the molecule is CCCCCNC(=O)c1ccnc(NC(C)CC)n1. The molecule has 0 radical (unpaired) electrons. The maximum Gasteiger partial charge on any atom is 0.270 e. The number of nitrogens with one attached hydrogen (secondary N) is 2. The number of amides is 1. The Hall–Kier alpha value is -1.65. The Balaban J connectivity index is 2.52. The van der Waals surface area contributed by atoms with Gasteiger partial charge in [-0.15, -0.1) is 0 Å². The summed E-state index contributed by atoms with van der Waals surface area (Å²) in [4.78, 5) is 20.2. The van der Waals surface area contributed by atoms with E-state index in [9.17, 15) is 4.79 Å². The van der Waals surface area contributed by atoms with Crippen molar-refractivity contribution in [3.8, 4) is 0 Å². The number of hydrogen-bond acceptors (Lipinski definition) is 4. The van der Waals surface area contributed by atoms with Crippen molar-refractivity contribution < 1.29 is 4.79 Å². The van der Waals surface area contributed by atoms with Crippen LogP contribution in [-0.2, 0) is 0 Å². The lowest BCUT2D eigenvalue weighted by molar-refractivity contribution is 0.0948. The number of aromatic nitrogens is 2. The summed E-state index contributed by atoms with van der Waals surface area (Å²) in [5, 5.41) is 6.03. The summed E-state index contributed by atoms with van der Waals surface area (Å²) in [5.41, 5.74) is 0.414. The molecule has 19 heavy (non-hydrogen) atoms. The van der Waals surface area contributed by atoms with Crippen molar-refractivity contribution >= 4 is 11.9 Å². The zero-order chi connectivity index (χ0) is 14.1. The molecule has 0 aliphatic carbocycles. The van der Waals surface area contributed by atoms with Gasteiger partial charge in [-0.1, -0.05) is 26.7 Å². The third kappa shape index (κ3) is 5.68. The fourth-order valence-corrected chi connectivity index (χ4v) is 1.54. The second-order valence-corrected chi connectivity index (χ2v) is 4.68. The van der Waals surface area contributed by atoms with Crippen LogP contribution in [0, 0.1) is 0 Å². The summed E-state index contributed by atoms with van der Waals surface area (Å²) in [6, 6.07) is 1.93. The average Bonchev–Trinajstić information content (AvgIpc) is 2.43. The van der Waals surface area contributed by atoms with E-state index in [1.54, 1.807) is 12.3 Å². The lowest BCUT2D eigenvalue weighted by atomic mass is 10.2. The highest BCUT2D eigenvalue weighted by molar-refractivity contribution is 5.92. The Labute approximate surface area is 115 Å². The molecule has 2 N–H and O–H groups in total. The quantitative estimate of drug-likeness (QED) is 0.708. The Kier molecular flexibility index (Phi) is 6.85. The number of unbranched alkanes of at least 4 members (excludes halogenated alkanes) is 2. The maximum atomic E-state index is 11.9. The van der Waals surface area contributed by atoms with Gasteiger partial charge in [-0.05, 0) is 25.8 Å². The molecule has 0 aliphatic rings. The van der Waals surface area contributed by atoms with E-state index in [2.05, 4.69) is 41.4 Å². The van der Waals surface area contributed by atoms with Crippen molar-refractivity contribution in [3.63, 3.8) is 0 Å². The van der Waals surface area contributed by atoms with Crippen LogP contribution in [0.25, 0.3) is 0 Å². The highest BCUT2D eigenvalue weighted by Crippen LogP contribution is 2.04. The summed E-state index contributed by atoms with van der Waals surface area (Å²) in [6.07, 6.45) is 5.87. The molecule has 0 saturated carbocycles. The Morgan fingerprint density at radius 2 is 2.16 bits per heavy atom. The monoisotopic (exact) mass is 264 g/mol. The molecule has 5 heteroatoms. The smallest absolute Gasteiger partial charge is 0.270 e. The molecule has 0 bridgehead atoms. The van der Waals surface area contributed by atoms with Crippen molar-refractivity contribution in [2.75, 3.05) is 11.9 Å². The second kappa shape index (κ2) is 8.45. The highest BCUT2D eigenvalue weighted by Gasteiger charge is 2.09. The molecule has 0 aliphatic heterocycles. The minimum absolute atomic E-state index is 0.134. The van der Waals surface area contributed by atoms with Crippen LogP contribution < -0.4 is 10.6 Å².